The van der Waals surface area contributed by atoms with Gasteiger partial charge in [-0.1, -0.05) is 95.5 Å². The van der Waals surface area contributed by atoms with Gasteiger partial charge in [-0.2, -0.15) is 0 Å². The Kier molecular flexibility index (Phi) is 11.5. The number of hydrogen-bond donors (Lipinski definition) is 0. The van der Waals surface area contributed by atoms with Crippen LogP contribution in [0.4, 0.5) is 0 Å². The normalized spacial score (nSPS) is 11.8. The molecule has 0 nitrogen and oxygen atoms in total. The van der Waals surface area contributed by atoms with Crippen molar-refractivity contribution in [3.8, 4) is 0 Å². The number of hydrogen-bond acceptors (Lipinski definition) is 0. The average molecular weight is 337 g/mol. The summed E-state index contributed by atoms with van der Waals surface area (Å²) < 4.78 is 0. The average Bonchev–Trinajstić information content (AvgIpc) is 2.56. The summed E-state index contributed by atoms with van der Waals surface area (Å²) >= 11 is 5.69. The van der Waals surface area contributed by atoms with Crippen molar-refractivity contribution >= 4 is 11.6 Å². The Morgan fingerprint density at radius 3 is 1.78 bits per heavy atom. The van der Waals surface area contributed by atoms with Crippen LogP contribution in [0.2, 0.25) is 0 Å². The van der Waals surface area contributed by atoms with Crippen LogP contribution in [0, 0.1) is 5.41 Å². The van der Waals surface area contributed by atoms with Crippen LogP contribution < -0.4 is 0 Å². The molecule has 0 aliphatic carbocycles. The lowest BCUT2D eigenvalue weighted by Crippen LogP contribution is -2.12. The standard InChI is InChI=1S/C22H37Cl/c1-22(2,19-17-21-15-11-10-12-16-21)18-13-8-6-4-3-5-7-9-14-20-23/h10-12,15-16H,3-9,13-14,17-20H2,1-2H3. The van der Waals surface area contributed by atoms with E-state index in [1.54, 1.807) is 0 Å². The van der Waals surface area contributed by atoms with Crippen molar-refractivity contribution in [2.45, 2.75) is 90.9 Å². The van der Waals surface area contributed by atoms with Crippen LogP contribution in [0.1, 0.15) is 90.0 Å². The van der Waals surface area contributed by atoms with E-state index in [4.69, 9.17) is 11.6 Å². The Hall–Kier alpha value is -0.490. The van der Waals surface area contributed by atoms with Gasteiger partial charge in [0, 0.05) is 5.88 Å². The summed E-state index contributed by atoms with van der Waals surface area (Å²) in [5.74, 6) is 0.833. The fourth-order valence-corrected chi connectivity index (χ4v) is 3.38. The van der Waals surface area contributed by atoms with E-state index in [1.807, 2.05) is 0 Å². The lowest BCUT2D eigenvalue weighted by Gasteiger charge is -2.24. The summed E-state index contributed by atoms with van der Waals surface area (Å²) in [5, 5.41) is 0. The van der Waals surface area contributed by atoms with E-state index < -0.39 is 0 Å². The fraction of sp³-hybridized carbons (Fsp3) is 0.727. The predicted molar refractivity (Wildman–Crippen MR) is 105 cm³/mol. The summed E-state index contributed by atoms with van der Waals surface area (Å²) in [7, 11) is 0. The molecule has 0 heterocycles. The maximum Gasteiger partial charge on any atom is 0.0223 e. The predicted octanol–water partition coefficient (Wildman–Crippen LogP) is 7.79. The van der Waals surface area contributed by atoms with E-state index in [0.29, 0.717) is 5.41 Å². The zero-order chi connectivity index (χ0) is 16.8. The van der Waals surface area contributed by atoms with Gasteiger partial charge in [0.25, 0.3) is 0 Å². The topological polar surface area (TPSA) is 0 Å². The molecular formula is C22H37Cl. The van der Waals surface area contributed by atoms with Crippen molar-refractivity contribution in [1.82, 2.24) is 0 Å². The lowest BCUT2D eigenvalue weighted by atomic mass is 9.81. The second kappa shape index (κ2) is 12.9. The molecule has 0 unspecified atom stereocenters. The van der Waals surface area contributed by atoms with Crippen LogP contribution in [0.25, 0.3) is 0 Å². The second-order valence-electron chi connectivity index (χ2n) is 7.77. The van der Waals surface area contributed by atoms with Crippen LogP contribution in [-0.2, 0) is 6.42 Å². The van der Waals surface area contributed by atoms with Crippen molar-refractivity contribution in [1.29, 1.82) is 0 Å². The van der Waals surface area contributed by atoms with Gasteiger partial charge in [-0.15, -0.1) is 11.6 Å². The van der Waals surface area contributed by atoms with E-state index in [1.165, 1.54) is 82.6 Å². The molecule has 0 aliphatic heterocycles. The highest BCUT2D eigenvalue weighted by molar-refractivity contribution is 6.17. The molecule has 23 heavy (non-hydrogen) atoms. The first-order chi connectivity index (χ1) is 11.1. The maximum absolute atomic E-state index is 5.69. The van der Waals surface area contributed by atoms with Gasteiger partial charge in [0.05, 0.1) is 0 Å². The Morgan fingerprint density at radius 2 is 1.22 bits per heavy atom. The molecule has 0 saturated carbocycles. The largest absolute Gasteiger partial charge is 0.127 e. The monoisotopic (exact) mass is 336 g/mol. The summed E-state index contributed by atoms with van der Waals surface area (Å²) in [5.41, 5.74) is 1.96. The number of unbranched alkanes of at least 4 members (excludes halogenated alkanes) is 8. The Morgan fingerprint density at radius 1 is 0.696 bits per heavy atom. The van der Waals surface area contributed by atoms with E-state index in [-0.39, 0.29) is 0 Å². The zero-order valence-corrected chi connectivity index (χ0v) is 16.2. The number of alkyl halides is 1. The number of benzene rings is 1. The third kappa shape index (κ3) is 11.7. The van der Waals surface area contributed by atoms with E-state index in [2.05, 4.69) is 44.2 Å². The Labute approximate surface area is 150 Å². The van der Waals surface area contributed by atoms with Crippen molar-refractivity contribution < 1.29 is 0 Å². The van der Waals surface area contributed by atoms with Gasteiger partial charge in [-0.25, -0.2) is 0 Å². The van der Waals surface area contributed by atoms with E-state index in [0.717, 1.165) is 5.88 Å². The van der Waals surface area contributed by atoms with Crippen molar-refractivity contribution in [3.63, 3.8) is 0 Å². The highest BCUT2D eigenvalue weighted by Gasteiger charge is 2.16. The quantitative estimate of drug-likeness (QED) is 0.240. The van der Waals surface area contributed by atoms with E-state index in [9.17, 15) is 0 Å². The van der Waals surface area contributed by atoms with Gasteiger partial charge in [0.2, 0.25) is 0 Å². The smallest absolute Gasteiger partial charge is 0.0223 e. The van der Waals surface area contributed by atoms with Gasteiger partial charge >= 0.3 is 0 Å². The maximum atomic E-state index is 5.69. The highest BCUT2D eigenvalue weighted by Crippen LogP contribution is 2.29. The first-order valence-corrected chi connectivity index (χ1v) is 10.3. The lowest BCUT2D eigenvalue weighted by molar-refractivity contribution is 0.294. The van der Waals surface area contributed by atoms with Crippen molar-refractivity contribution in [3.05, 3.63) is 35.9 Å². The minimum absolute atomic E-state index is 0.484. The number of aryl methyl sites for hydroxylation is 1. The van der Waals surface area contributed by atoms with Gasteiger partial charge in [0.15, 0.2) is 0 Å². The first-order valence-electron chi connectivity index (χ1n) is 9.74. The third-order valence-electron chi connectivity index (χ3n) is 4.92. The summed E-state index contributed by atoms with van der Waals surface area (Å²) in [6.45, 7) is 4.87. The molecule has 0 spiro atoms. The van der Waals surface area contributed by atoms with Crippen LogP contribution in [0.3, 0.4) is 0 Å². The Bertz CT molecular complexity index is 369. The first kappa shape index (κ1) is 20.6. The van der Waals surface area contributed by atoms with Crippen LogP contribution in [0.5, 0.6) is 0 Å². The minimum Gasteiger partial charge on any atom is -0.127 e. The third-order valence-corrected chi connectivity index (χ3v) is 5.19. The van der Waals surface area contributed by atoms with Crippen LogP contribution >= 0.6 is 11.6 Å². The van der Waals surface area contributed by atoms with Crippen LogP contribution in [0.15, 0.2) is 30.3 Å². The zero-order valence-electron chi connectivity index (χ0n) is 15.5. The Balaban J connectivity index is 1.97. The van der Waals surface area contributed by atoms with Crippen LogP contribution in [-0.4, -0.2) is 5.88 Å². The molecular weight excluding hydrogens is 300 g/mol. The molecule has 0 aromatic heterocycles. The molecule has 0 N–H and O–H groups in total. The van der Waals surface area contributed by atoms with Gasteiger partial charge in [-0.3, -0.25) is 0 Å². The molecule has 0 saturated heterocycles. The van der Waals surface area contributed by atoms with E-state index >= 15 is 0 Å². The molecule has 1 aromatic rings. The molecule has 0 aliphatic rings. The molecule has 0 atom stereocenters. The highest BCUT2D eigenvalue weighted by atomic mass is 35.5. The second-order valence-corrected chi connectivity index (χ2v) is 8.15. The number of halogens is 1. The van der Waals surface area contributed by atoms with Crippen molar-refractivity contribution in [2.75, 3.05) is 5.88 Å². The van der Waals surface area contributed by atoms with Gasteiger partial charge in [-0.05, 0) is 36.7 Å². The number of rotatable bonds is 14. The molecule has 0 radical (unpaired) electrons. The van der Waals surface area contributed by atoms with Gasteiger partial charge in [0.1, 0.15) is 0 Å². The summed E-state index contributed by atoms with van der Waals surface area (Å²) in [6.07, 6.45) is 16.3. The molecule has 0 amide bonds. The SMILES string of the molecule is CC(C)(CCCCCCCCCCCCl)CCc1ccccc1. The molecule has 1 rings (SSSR count). The molecule has 0 fully saturated rings. The molecule has 0 bridgehead atoms. The molecule has 1 aromatic carbocycles. The summed E-state index contributed by atoms with van der Waals surface area (Å²) in [6, 6.07) is 10.9. The molecule has 132 valence electrons. The van der Waals surface area contributed by atoms with Gasteiger partial charge < -0.3 is 0 Å². The molecule has 1 heteroatoms. The minimum atomic E-state index is 0.484. The summed E-state index contributed by atoms with van der Waals surface area (Å²) in [4.78, 5) is 0. The fourth-order valence-electron chi connectivity index (χ4n) is 3.19. The van der Waals surface area contributed by atoms with Crippen molar-refractivity contribution in [2.24, 2.45) is 5.41 Å².